The lowest BCUT2D eigenvalue weighted by Gasteiger charge is -2.19. The van der Waals surface area contributed by atoms with Crippen LogP contribution in [0.5, 0.6) is 5.75 Å². The Morgan fingerprint density at radius 1 is 1.17 bits per heavy atom. The van der Waals surface area contributed by atoms with Crippen LogP contribution in [0.1, 0.15) is 27.0 Å². The van der Waals surface area contributed by atoms with E-state index >= 15 is 0 Å². The summed E-state index contributed by atoms with van der Waals surface area (Å²) in [7, 11) is 1.28. The van der Waals surface area contributed by atoms with Gasteiger partial charge in [0.2, 0.25) is 0 Å². The highest BCUT2D eigenvalue weighted by atomic mass is 19.1. The van der Waals surface area contributed by atoms with Crippen molar-refractivity contribution in [3.05, 3.63) is 58.2 Å². The fourth-order valence-electron chi connectivity index (χ4n) is 2.90. The lowest BCUT2D eigenvalue weighted by molar-refractivity contribution is 0.0980. The average molecular weight is 317 g/mol. The summed E-state index contributed by atoms with van der Waals surface area (Å²) in [6.07, 6.45) is 0.676. The minimum atomic E-state index is -0.963. The van der Waals surface area contributed by atoms with Crippen molar-refractivity contribution in [3.63, 3.8) is 0 Å². The fourth-order valence-corrected chi connectivity index (χ4v) is 2.90. The van der Waals surface area contributed by atoms with Crippen molar-refractivity contribution >= 4 is 11.6 Å². The standard InChI is InChI=1S/C18H17F2NO2/c1-10-8-12-6-7-21(14(12)9-11(10)2)18(22)16-13(19)4-5-15(23-3)17(16)20/h4-5,8-9H,6-7H2,1-3H3. The number of halogens is 2. The predicted molar refractivity (Wildman–Crippen MR) is 84.2 cm³/mol. The van der Waals surface area contributed by atoms with Gasteiger partial charge in [0, 0.05) is 12.2 Å². The average Bonchev–Trinajstić information content (AvgIpc) is 2.90. The summed E-state index contributed by atoms with van der Waals surface area (Å²) >= 11 is 0. The number of benzene rings is 2. The van der Waals surface area contributed by atoms with Gasteiger partial charge in [0.1, 0.15) is 11.4 Å². The summed E-state index contributed by atoms with van der Waals surface area (Å²) < 4.78 is 33.2. The molecule has 1 heterocycles. The van der Waals surface area contributed by atoms with E-state index in [0.717, 1.165) is 28.4 Å². The van der Waals surface area contributed by atoms with Crippen LogP contribution in [-0.4, -0.2) is 19.6 Å². The number of carbonyl (C=O) groups is 1. The molecule has 1 amide bonds. The number of rotatable bonds is 2. The third-order valence-electron chi connectivity index (χ3n) is 4.33. The molecule has 3 nitrogen and oxygen atoms in total. The molecule has 23 heavy (non-hydrogen) atoms. The van der Waals surface area contributed by atoms with Crippen LogP contribution >= 0.6 is 0 Å². The highest BCUT2D eigenvalue weighted by molar-refractivity contribution is 6.08. The number of ether oxygens (including phenoxy) is 1. The van der Waals surface area contributed by atoms with Gasteiger partial charge in [-0.2, -0.15) is 0 Å². The Hall–Kier alpha value is -2.43. The van der Waals surface area contributed by atoms with E-state index in [9.17, 15) is 13.6 Å². The monoisotopic (exact) mass is 317 g/mol. The maximum Gasteiger partial charge on any atom is 0.264 e. The number of nitrogens with zero attached hydrogens (tertiary/aromatic N) is 1. The van der Waals surface area contributed by atoms with E-state index in [0.29, 0.717) is 13.0 Å². The third-order valence-corrected chi connectivity index (χ3v) is 4.33. The zero-order valence-electron chi connectivity index (χ0n) is 13.2. The van der Waals surface area contributed by atoms with E-state index in [4.69, 9.17) is 4.74 Å². The van der Waals surface area contributed by atoms with Gasteiger partial charge >= 0.3 is 0 Å². The summed E-state index contributed by atoms with van der Waals surface area (Å²) in [5.41, 5.74) is 3.34. The van der Waals surface area contributed by atoms with Gasteiger partial charge in [-0.25, -0.2) is 8.78 Å². The van der Waals surface area contributed by atoms with E-state index < -0.39 is 23.1 Å². The van der Waals surface area contributed by atoms with Gasteiger partial charge in [0.25, 0.3) is 5.91 Å². The first-order valence-corrected chi connectivity index (χ1v) is 7.38. The van der Waals surface area contributed by atoms with Crippen molar-refractivity contribution in [2.24, 2.45) is 0 Å². The summed E-state index contributed by atoms with van der Waals surface area (Å²) in [4.78, 5) is 14.1. The molecular weight excluding hydrogens is 300 g/mol. The van der Waals surface area contributed by atoms with Gasteiger partial charge < -0.3 is 9.64 Å². The molecule has 0 bridgehead atoms. The van der Waals surface area contributed by atoms with Crippen molar-refractivity contribution in [2.75, 3.05) is 18.6 Å². The fraction of sp³-hybridized carbons (Fsp3) is 0.278. The van der Waals surface area contributed by atoms with Crippen molar-refractivity contribution in [1.29, 1.82) is 0 Å². The van der Waals surface area contributed by atoms with E-state index in [1.807, 2.05) is 26.0 Å². The minimum absolute atomic E-state index is 0.144. The first-order valence-electron chi connectivity index (χ1n) is 7.38. The Morgan fingerprint density at radius 2 is 1.87 bits per heavy atom. The number of carbonyl (C=O) groups excluding carboxylic acids is 1. The largest absolute Gasteiger partial charge is 0.494 e. The number of amides is 1. The molecule has 0 spiro atoms. The molecule has 0 unspecified atom stereocenters. The zero-order valence-corrected chi connectivity index (χ0v) is 13.2. The molecule has 3 rings (SSSR count). The highest BCUT2D eigenvalue weighted by Crippen LogP contribution is 2.33. The molecule has 2 aromatic carbocycles. The normalized spacial score (nSPS) is 13.2. The second kappa shape index (κ2) is 5.65. The van der Waals surface area contributed by atoms with E-state index in [1.165, 1.54) is 18.1 Å². The van der Waals surface area contributed by atoms with Crippen molar-refractivity contribution in [3.8, 4) is 5.75 Å². The molecule has 0 saturated heterocycles. The Kier molecular flexibility index (Phi) is 3.80. The second-order valence-corrected chi connectivity index (χ2v) is 5.71. The Labute approximate surface area is 133 Å². The number of anilines is 1. The second-order valence-electron chi connectivity index (χ2n) is 5.71. The number of hydrogen-bond donors (Lipinski definition) is 0. The molecule has 0 radical (unpaired) electrons. The van der Waals surface area contributed by atoms with E-state index in [1.54, 1.807) is 0 Å². The summed E-state index contributed by atoms with van der Waals surface area (Å²) in [5, 5.41) is 0. The maximum atomic E-state index is 14.3. The molecule has 0 N–H and O–H groups in total. The number of hydrogen-bond acceptors (Lipinski definition) is 2. The lowest BCUT2D eigenvalue weighted by Crippen LogP contribution is -2.30. The van der Waals surface area contributed by atoms with Crippen LogP contribution < -0.4 is 9.64 Å². The van der Waals surface area contributed by atoms with Gasteiger partial charge in [-0.3, -0.25) is 4.79 Å². The highest BCUT2D eigenvalue weighted by Gasteiger charge is 2.31. The van der Waals surface area contributed by atoms with Gasteiger partial charge in [0.05, 0.1) is 7.11 Å². The minimum Gasteiger partial charge on any atom is -0.494 e. The molecule has 2 aromatic rings. The van der Waals surface area contributed by atoms with Crippen LogP contribution in [0.25, 0.3) is 0 Å². The molecular formula is C18H17F2NO2. The molecule has 0 aliphatic carbocycles. The lowest BCUT2D eigenvalue weighted by atomic mass is 10.0. The van der Waals surface area contributed by atoms with Gasteiger partial charge in [0.15, 0.2) is 11.6 Å². The van der Waals surface area contributed by atoms with Crippen molar-refractivity contribution in [2.45, 2.75) is 20.3 Å². The third kappa shape index (κ3) is 2.46. The quantitative estimate of drug-likeness (QED) is 0.843. The Bertz CT molecular complexity index is 802. The number of methoxy groups -OCH3 is 1. The predicted octanol–water partition coefficient (Wildman–Crippen LogP) is 3.79. The molecule has 1 aliphatic heterocycles. The van der Waals surface area contributed by atoms with Gasteiger partial charge in [-0.1, -0.05) is 6.07 Å². The molecule has 0 atom stereocenters. The van der Waals surface area contributed by atoms with Crippen LogP contribution in [0.3, 0.4) is 0 Å². The number of aryl methyl sites for hydroxylation is 2. The van der Waals surface area contributed by atoms with Crippen LogP contribution in [0.2, 0.25) is 0 Å². The first kappa shape index (κ1) is 15.5. The molecule has 0 fully saturated rings. The van der Waals surface area contributed by atoms with Crippen LogP contribution in [0, 0.1) is 25.5 Å². The summed E-state index contributed by atoms with van der Waals surface area (Å²) in [6.45, 7) is 4.36. The summed E-state index contributed by atoms with van der Waals surface area (Å²) in [5.74, 6) is -2.67. The summed E-state index contributed by atoms with van der Waals surface area (Å²) in [6, 6.07) is 6.14. The molecule has 0 saturated carbocycles. The topological polar surface area (TPSA) is 29.5 Å². The van der Waals surface area contributed by atoms with Crippen LogP contribution in [0.15, 0.2) is 24.3 Å². The zero-order chi connectivity index (χ0) is 16.7. The molecule has 0 aromatic heterocycles. The van der Waals surface area contributed by atoms with Crippen molar-refractivity contribution < 1.29 is 18.3 Å². The first-order chi connectivity index (χ1) is 10.9. The van der Waals surface area contributed by atoms with Crippen molar-refractivity contribution in [1.82, 2.24) is 0 Å². The van der Waals surface area contributed by atoms with E-state index in [2.05, 4.69) is 0 Å². The van der Waals surface area contributed by atoms with Gasteiger partial charge in [-0.15, -0.1) is 0 Å². The van der Waals surface area contributed by atoms with Crippen LogP contribution in [0.4, 0.5) is 14.5 Å². The molecule has 5 heteroatoms. The smallest absolute Gasteiger partial charge is 0.264 e. The SMILES string of the molecule is COc1ccc(F)c(C(=O)N2CCc3cc(C)c(C)cc32)c1F. The number of fused-ring (bicyclic) bond motifs is 1. The van der Waals surface area contributed by atoms with Crippen LogP contribution in [-0.2, 0) is 6.42 Å². The maximum absolute atomic E-state index is 14.3. The van der Waals surface area contributed by atoms with Gasteiger partial charge in [-0.05, 0) is 55.2 Å². The molecule has 1 aliphatic rings. The van der Waals surface area contributed by atoms with E-state index in [-0.39, 0.29) is 5.75 Å². The Balaban J connectivity index is 2.06. The molecule has 120 valence electrons. The Morgan fingerprint density at radius 3 is 2.57 bits per heavy atom.